The van der Waals surface area contributed by atoms with Gasteiger partial charge in [0, 0.05) is 45.3 Å². The van der Waals surface area contributed by atoms with E-state index in [9.17, 15) is 33.9 Å². The fourth-order valence-corrected chi connectivity index (χ4v) is 12.4. The monoisotopic (exact) mass is 1460 g/mol. The predicted octanol–water partition coefficient (Wildman–Crippen LogP) is 13.2. The minimum atomic E-state index is -1.01. The number of aliphatic hydroxyl groups is 5. The lowest BCUT2D eigenvalue weighted by atomic mass is 10.0. The number of carbonyl (C=O) groups is 6. The zero-order valence-corrected chi connectivity index (χ0v) is 65.4. The van der Waals surface area contributed by atoms with Crippen molar-refractivity contribution in [1.82, 2.24) is 16.0 Å². The van der Waals surface area contributed by atoms with Gasteiger partial charge in [-0.25, -0.2) is 0 Å². The van der Waals surface area contributed by atoms with Gasteiger partial charge in [-0.1, -0.05) is 316 Å². The van der Waals surface area contributed by atoms with Gasteiger partial charge >= 0.3 is 0 Å². The van der Waals surface area contributed by atoms with Crippen LogP contribution in [0.4, 0.5) is 0 Å². The molecule has 1 aliphatic rings. The fraction of sp³-hybridized carbons (Fsp3) is 0.901. The molecular formula is C81H157BrN4O12. The number of Topliss-reactive ketones (excluding diaryl/α,β-unsaturated/α-hetero) is 3. The Balaban J connectivity index is -0.00000150. The molecule has 1 aliphatic heterocycles. The second kappa shape index (κ2) is 79.9. The fourth-order valence-electron chi connectivity index (χ4n) is 12.4. The summed E-state index contributed by atoms with van der Waals surface area (Å²) in [5, 5.41) is 52.9. The summed E-state index contributed by atoms with van der Waals surface area (Å²) >= 11 is 0. The number of likely N-dealkylation sites (tertiary alicyclic amines) is 1. The van der Waals surface area contributed by atoms with E-state index in [2.05, 4.69) is 43.3 Å². The number of amides is 3. The average molecular weight is 1460 g/mol. The molecule has 0 radical (unpaired) electrons. The first kappa shape index (κ1) is 99.4. The van der Waals surface area contributed by atoms with E-state index in [0.29, 0.717) is 5.76 Å². The summed E-state index contributed by atoms with van der Waals surface area (Å²) in [6.07, 6.45) is 67.6. The molecule has 9 N–H and O–H groups in total. The number of ether oxygens (including phenoxy) is 1. The molecule has 98 heavy (non-hydrogen) atoms. The number of hydrogen-bond acceptors (Lipinski definition) is 12. The lowest BCUT2D eigenvalue weighted by molar-refractivity contribution is -0.905. The van der Waals surface area contributed by atoms with Gasteiger partial charge in [-0.3, -0.25) is 28.8 Å². The summed E-state index contributed by atoms with van der Waals surface area (Å²) in [6, 6.07) is 0. The maximum Gasteiger partial charge on any atom is 0.287 e. The van der Waals surface area contributed by atoms with Crippen LogP contribution in [-0.4, -0.2) is 138 Å². The number of rotatable bonds is 71. The van der Waals surface area contributed by atoms with Crippen LogP contribution in [0.3, 0.4) is 0 Å². The first-order chi connectivity index (χ1) is 47.2. The smallest absolute Gasteiger partial charge is 0.287 e. The van der Waals surface area contributed by atoms with Gasteiger partial charge in [0.1, 0.15) is 12.7 Å². The first-order valence-corrected chi connectivity index (χ1v) is 41.1. The van der Waals surface area contributed by atoms with E-state index < -0.39 is 60.8 Å². The van der Waals surface area contributed by atoms with E-state index in [1.807, 2.05) is 4.90 Å². The average Bonchev–Trinajstić information content (AvgIpc) is 3.37. The molecule has 0 aliphatic carbocycles. The lowest BCUT2D eigenvalue weighted by Crippen LogP contribution is -3.12. The van der Waals surface area contributed by atoms with E-state index in [0.717, 1.165) is 70.6 Å². The van der Waals surface area contributed by atoms with Crippen LogP contribution in [0.1, 0.15) is 393 Å². The highest BCUT2D eigenvalue weighted by atomic mass is 79.9. The number of carbonyl (C=O) groups excluding carboxylic acids is 6. The van der Waals surface area contributed by atoms with Crippen LogP contribution >= 0.6 is 0 Å². The van der Waals surface area contributed by atoms with Crippen LogP contribution in [0.15, 0.2) is 12.3 Å². The summed E-state index contributed by atoms with van der Waals surface area (Å²) in [6.45, 7) is 14.1. The minimum absolute atomic E-state index is 0. The molecule has 1 fully saturated rings. The Morgan fingerprint density at radius 2 is 0.561 bits per heavy atom. The Kier molecular flexibility index (Phi) is 81.0. The quantitative estimate of drug-likeness (QED) is 0.0157. The molecule has 3 amide bonds. The number of ketones is 3. The topological polar surface area (TPSA) is 253 Å². The van der Waals surface area contributed by atoms with Crippen molar-refractivity contribution in [3.63, 3.8) is 0 Å². The molecule has 0 aromatic carbocycles. The largest absolute Gasteiger partial charge is 1.00 e. The summed E-state index contributed by atoms with van der Waals surface area (Å²) in [7, 11) is 0. The number of allylic oxidation sites excluding steroid dienone is 1. The molecule has 17 heteroatoms. The SMILES string of the molecule is C=C(CCCCCCCCCCCCCCC[NH+]1CCCCC1)OCC(O)CNC(=O)C(=O)CCCCCCCCCCCCCC.CCCCCCCCCCCCCCC(=O)C(=O)NCC(O)CO.CCCCCCCCCCCCCCCCC(=O)C(=O)NCC(O)CO.[Br-]. The van der Waals surface area contributed by atoms with E-state index >= 15 is 0 Å². The molecule has 0 aromatic rings. The Morgan fingerprint density at radius 1 is 0.337 bits per heavy atom. The first-order valence-electron chi connectivity index (χ1n) is 41.1. The summed E-state index contributed by atoms with van der Waals surface area (Å²) in [4.78, 5) is 72.2. The van der Waals surface area contributed by atoms with Gasteiger partial charge in [0.2, 0.25) is 17.3 Å². The molecule has 1 heterocycles. The van der Waals surface area contributed by atoms with Gasteiger partial charge < -0.3 is 68.1 Å². The zero-order chi connectivity index (χ0) is 71.6. The van der Waals surface area contributed by atoms with Crippen molar-refractivity contribution in [2.24, 2.45) is 0 Å². The zero-order valence-electron chi connectivity index (χ0n) is 63.8. The molecule has 580 valence electrons. The molecule has 0 saturated carbocycles. The van der Waals surface area contributed by atoms with Crippen molar-refractivity contribution in [1.29, 1.82) is 0 Å². The third-order valence-corrected chi connectivity index (χ3v) is 19.0. The van der Waals surface area contributed by atoms with Crippen molar-refractivity contribution < 1.29 is 80.9 Å². The standard InChI is InChI=1S/C41H78N2O4.C21H41NO4.C19H37NO4.BrH/c1-3-4-5-6-7-8-9-14-17-20-23-27-32-40(45)41(46)42-36-39(44)37-47-38(2)31-26-22-19-16-13-11-10-12-15-18-21-24-28-33-43-34-29-25-30-35-43;1-2-3-4-5-6-7-8-9-10-11-12-13-14-15-16-20(25)21(26)22-17-19(24)18-23;1-2-3-4-5-6-7-8-9-10-11-12-13-14-18(23)19(24)20-15-17(22)16-21;/h39,44H,2-37H2,1H3,(H,42,46);19,23-24H,2-18H2,1H3,(H,22,26);17,21-22H,2-16H2,1H3,(H,20,24);1H. The van der Waals surface area contributed by atoms with Gasteiger partial charge in [0.25, 0.3) is 17.7 Å². The number of quaternary nitrogens is 1. The highest BCUT2D eigenvalue weighted by Crippen LogP contribution is 2.18. The maximum absolute atomic E-state index is 12.1. The minimum Gasteiger partial charge on any atom is -1.00 e. The molecule has 3 atom stereocenters. The molecule has 0 aromatic heterocycles. The van der Waals surface area contributed by atoms with Gasteiger partial charge in [-0.05, 0) is 57.8 Å². The van der Waals surface area contributed by atoms with Gasteiger partial charge in [0.05, 0.1) is 50.8 Å². The summed E-state index contributed by atoms with van der Waals surface area (Å²) in [5.74, 6) is -2.50. The normalized spacial score (nSPS) is 13.0. The maximum atomic E-state index is 12.1. The molecule has 1 rings (SSSR count). The van der Waals surface area contributed by atoms with Crippen LogP contribution in [0.5, 0.6) is 0 Å². The Morgan fingerprint density at radius 3 is 0.816 bits per heavy atom. The number of hydrogen-bond donors (Lipinski definition) is 9. The van der Waals surface area contributed by atoms with Gasteiger partial charge in [-0.2, -0.15) is 0 Å². The van der Waals surface area contributed by atoms with Crippen molar-refractivity contribution >= 4 is 35.1 Å². The van der Waals surface area contributed by atoms with Crippen LogP contribution in [0.2, 0.25) is 0 Å². The summed E-state index contributed by atoms with van der Waals surface area (Å²) < 4.78 is 5.60. The third-order valence-electron chi connectivity index (χ3n) is 19.0. The van der Waals surface area contributed by atoms with Gasteiger partial charge in [-0.15, -0.1) is 0 Å². The lowest BCUT2D eigenvalue weighted by Gasteiger charge is -2.23. The molecular weight excluding hydrogens is 1300 g/mol. The number of nitrogens with one attached hydrogen (secondary N) is 4. The van der Waals surface area contributed by atoms with E-state index in [1.165, 1.54) is 302 Å². The number of unbranched alkanes of at least 4 members (excludes halogenated alkanes) is 47. The number of halogens is 1. The Labute approximate surface area is 611 Å². The van der Waals surface area contributed by atoms with Crippen LogP contribution in [-0.2, 0) is 33.5 Å². The predicted molar refractivity (Wildman–Crippen MR) is 402 cm³/mol. The third kappa shape index (κ3) is 74.4. The molecule has 0 bridgehead atoms. The molecule has 16 nitrogen and oxygen atoms in total. The Bertz CT molecular complexity index is 1790. The van der Waals surface area contributed by atoms with Crippen molar-refractivity contribution in [3.05, 3.63) is 12.3 Å². The van der Waals surface area contributed by atoms with Crippen LogP contribution < -0.4 is 37.8 Å². The van der Waals surface area contributed by atoms with Crippen LogP contribution in [0.25, 0.3) is 0 Å². The second-order valence-corrected chi connectivity index (χ2v) is 28.6. The van der Waals surface area contributed by atoms with Crippen molar-refractivity contribution in [3.8, 4) is 0 Å². The van der Waals surface area contributed by atoms with Crippen LogP contribution in [0, 0.1) is 0 Å². The van der Waals surface area contributed by atoms with E-state index in [1.54, 1.807) is 0 Å². The Hall–Kier alpha value is -2.80. The molecule has 0 spiro atoms. The van der Waals surface area contributed by atoms with Gasteiger partial charge in [0.15, 0.2) is 0 Å². The van der Waals surface area contributed by atoms with E-state index in [4.69, 9.17) is 25.2 Å². The number of piperidine rings is 1. The van der Waals surface area contributed by atoms with Crippen molar-refractivity contribution in [2.45, 2.75) is 411 Å². The highest BCUT2D eigenvalue weighted by Gasteiger charge is 2.18. The number of aliphatic hydroxyl groups excluding tert-OH is 5. The van der Waals surface area contributed by atoms with E-state index in [-0.39, 0.29) is 68.3 Å². The highest BCUT2D eigenvalue weighted by molar-refractivity contribution is 6.36. The second-order valence-electron chi connectivity index (χ2n) is 28.6. The van der Waals surface area contributed by atoms with Crippen molar-refractivity contribution in [2.75, 3.05) is 59.1 Å². The molecule has 1 saturated heterocycles. The summed E-state index contributed by atoms with van der Waals surface area (Å²) in [5.41, 5.74) is 0. The molecule has 3 unspecified atom stereocenters.